The number of benzene rings is 1. The number of anilines is 1. The van der Waals surface area contributed by atoms with Crippen molar-refractivity contribution in [2.45, 2.75) is 19.8 Å². The molecule has 1 atom stereocenters. The van der Waals surface area contributed by atoms with Crippen molar-refractivity contribution < 1.29 is 14.7 Å². The third kappa shape index (κ3) is 4.79. The molecule has 1 rings (SSSR count). The van der Waals surface area contributed by atoms with Crippen LogP contribution in [0.4, 0.5) is 5.69 Å². The normalized spacial score (nSPS) is 11.9. The molecule has 0 saturated carbocycles. The van der Waals surface area contributed by atoms with Gasteiger partial charge in [0.1, 0.15) is 0 Å². The molecule has 0 aliphatic rings. The van der Waals surface area contributed by atoms with Crippen LogP contribution in [0.15, 0.2) is 18.2 Å². The average molecular weight is 285 g/mol. The number of hydrogen-bond acceptors (Lipinski definition) is 3. The van der Waals surface area contributed by atoms with Crippen molar-refractivity contribution in [2.24, 2.45) is 5.92 Å². The number of amides is 1. The van der Waals surface area contributed by atoms with Gasteiger partial charge >= 0.3 is 5.97 Å². The van der Waals surface area contributed by atoms with Gasteiger partial charge in [-0.1, -0.05) is 24.9 Å². The molecule has 1 aromatic rings. The van der Waals surface area contributed by atoms with Crippen LogP contribution in [0.5, 0.6) is 0 Å². The van der Waals surface area contributed by atoms with Crippen LogP contribution in [0.25, 0.3) is 0 Å². The maximum atomic E-state index is 11.9. The average Bonchev–Trinajstić information content (AvgIpc) is 2.32. The number of nitrogen functional groups attached to an aromatic ring is 1. The van der Waals surface area contributed by atoms with E-state index in [0.717, 1.165) is 6.42 Å². The number of rotatable bonds is 6. The van der Waals surface area contributed by atoms with Crippen molar-refractivity contribution in [3.8, 4) is 0 Å². The molecule has 0 heterocycles. The Morgan fingerprint density at radius 2 is 2.11 bits per heavy atom. The molecule has 4 N–H and O–H groups in total. The second kappa shape index (κ2) is 6.99. The number of carboxylic acid groups (broad SMARTS) is 1. The lowest BCUT2D eigenvalue weighted by atomic mass is 10.0. The van der Waals surface area contributed by atoms with Crippen LogP contribution < -0.4 is 11.1 Å². The summed E-state index contributed by atoms with van der Waals surface area (Å²) in [7, 11) is 0. The van der Waals surface area contributed by atoms with Crippen LogP contribution in [-0.2, 0) is 4.79 Å². The molecule has 0 bridgehead atoms. The van der Waals surface area contributed by atoms with E-state index in [9.17, 15) is 9.59 Å². The number of carbonyl (C=O) groups is 2. The molecule has 0 aromatic heterocycles. The van der Waals surface area contributed by atoms with E-state index < -0.39 is 11.9 Å². The second-order valence-corrected chi connectivity index (χ2v) is 4.74. The first kappa shape index (κ1) is 15.3. The van der Waals surface area contributed by atoms with Crippen LogP contribution >= 0.6 is 11.6 Å². The molecular formula is C13H17ClN2O3. The monoisotopic (exact) mass is 284 g/mol. The number of carbonyl (C=O) groups excluding carboxylic acids is 1. The van der Waals surface area contributed by atoms with Gasteiger partial charge in [-0.25, -0.2) is 0 Å². The molecule has 104 valence electrons. The molecule has 0 fully saturated rings. The summed E-state index contributed by atoms with van der Waals surface area (Å²) >= 11 is 5.80. The summed E-state index contributed by atoms with van der Waals surface area (Å²) in [5.41, 5.74) is 6.31. The first-order valence-electron chi connectivity index (χ1n) is 6.01. The van der Waals surface area contributed by atoms with E-state index in [-0.39, 0.29) is 12.5 Å². The lowest BCUT2D eigenvalue weighted by Crippen LogP contribution is -2.32. The minimum absolute atomic E-state index is 0.0917. The number of aliphatic carboxylic acids is 1. The Balaban J connectivity index is 2.66. The zero-order chi connectivity index (χ0) is 14.4. The fraction of sp³-hybridized carbons (Fsp3) is 0.385. The van der Waals surface area contributed by atoms with Gasteiger partial charge in [-0.2, -0.15) is 0 Å². The fourth-order valence-corrected chi connectivity index (χ4v) is 1.97. The first-order valence-corrected chi connectivity index (χ1v) is 6.39. The molecule has 0 aliphatic carbocycles. The molecule has 1 aromatic carbocycles. The van der Waals surface area contributed by atoms with Crippen molar-refractivity contribution in [1.29, 1.82) is 0 Å². The maximum Gasteiger partial charge on any atom is 0.308 e. The Labute approximate surface area is 116 Å². The van der Waals surface area contributed by atoms with Crippen molar-refractivity contribution in [3.05, 3.63) is 28.8 Å². The highest BCUT2D eigenvalue weighted by Gasteiger charge is 2.17. The smallest absolute Gasteiger partial charge is 0.308 e. The van der Waals surface area contributed by atoms with Crippen LogP contribution in [0.3, 0.4) is 0 Å². The Morgan fingerprint density at radius 3 is 2.63 bits per heavy atom. The van der Waals surface area contributed by atoms with Gasteiger partial charge in [-0.05, 0) is 24.6 Å². The van der Waals surface area contributed by atoms with Crippen LogP contribution in [0.2, 0.25) is 5.02 Å². The predicted octanol–water partition coefficient (Wildman–Crippen LogP) is 2.15. The van der Waals surface area contributed by atoms with Gasteiger partial charge in [0.2, 0.25) is 0 Å². The molecule has 19 heavy (non-hydrogen) atoms. The maximum absolute atomic E-state index is 11.9. The lowest BCUT2D eigenvalue weighted by Gasteiger charge is -2.12. The molecule has 0 saturated heterocycles. The molecule has 0 radical (unpaired) electrons. The molecule has 1 unspecified atom stereocenters. The predicted molar refractivity (Wildman–Crippen MR) is 74.2 cm³/mol. The summed E-state index contributed by atoms with van der Waals surface area (Å²) < 4.78 is 0. The highest BCUT2D eigenvalue weighted by Crippen LogP contribution is 2.16. The van der Waals surface area contributed by atoms with Gasteiger partial charge in [-0.15, -0.1) is 0 Å². The standard InChI is InChI=1S/C13H17ClN2O3/c1-2-3-8(13(18)19)7-16-12(17)9-4-10(14)6-11(15)5-9/h4-6,8H,2-3,7,15H2,1H3,(H,16,17)(H,18,19). The summed E-state index contributed by atoms with van der Waals surface area (Å²) in [5.74, 6) is -1.87. The largest absolute Gasteiger partial charge is 0.481 e. The summed E-state index contributed by atoms with van der Waals surface area (Å²) in [5, 5.41) is 11.9. The van der Waals surface area contributed by atoms with Gasteiger partial charge in [0.25, 0.3) is 5.91 Å². The van der Waals surface area contributed by atoms with Gasteiger partial charge in [0, 0.05) is 22.8 Å². The third-order valence-electron chi connectivity index (χ3n) is 2.68. The highest BCUT2D eigenvalue weighted by molar-refractivity contribution is 6.31. The van der Waals surface area contributed by atoms with E-state index in [2.05, 4.69) is 5.32 Å². The Kier molecular flexibility index (Phi) is 5.63. The fourth-order valence-electron chi connectivity index (χ4n) is 1.72. The molecule has 0 spiro atoms. The number of hydrogen-bond donors (Lipinski definition) is 3. The number of nitrogens with one attached hydrogen (secondary N) is 1. The molecular weight excluding hydrogens is 268 g/mol. The van der Waals surface area contributed by atoms with E-state index >= 15 is 0 Å². The molecule has 0 aliphatic heterocycles. The van der Waals surface area contributed by atoms with Gasteiger partial charge in [0.15, 0.2) is 0 Å². The van der Waals surface area contributed by atoms with E-state index in [4.69, 9.17) is 22.4 Å². The summed E-state index contributed by atoms with van der Waals surface area (Å²) in [6.45, 7) is 1.99. The number of carboxylic acids is 1. The Morgan fingerprint density at radius 1 is 1.42 bits per heavy atom. The van der Waals surface area contributed by atoms with E-state index in [0.29, 0.717) is 22.7 Å². The number of halogens is 1. The van der Waals surface area contributed by atoms with Crippen molar-refractivity contribution >= 4 is 29.2 Å². The van der Waals surface area contributed by atoms with E-state index in [1.807, 2.05) is 6.92 Å². The van der Waals surface area contributed by atoms with Crippen LogP contribution in [0, 0.1) is 5.92 Å². The molecule has 6 heteroatoms. The van der Waals surface area contributed by atoms with Gasteiger partial charge in [-0.3, -0.25) is 9.59 Å². The third-order valence-corrected chi connectivity index (χ3v) is 2.90. The number of nitrogens with two attached hydrogens (primary N) is 1. The van der Waals surface area contributed by atoms with Crippen molar-refractivity contribution in [1.82, 2.24) is 5.32 Å². The summed E-state index contributed by atoms with van der Waals surface area (Å²) in [6, 6.07) is 4.52. The lowest BCUT2D eigenvalue weighted by molar-refractivity contribution is -0.141. The first-order chi connectivity index (χ1) is 8.93. The minimum atomic E-state index is -0.909. The summed E-state index contributed by atoms with van der Waals surface area (Å²) in [6.07, 6.45) is 1.27. The van der Waals surface area contributed by atoms with Gasteiger partial charge in [0.05, 0.1) is 5.92 Å². The van der Waals surface area contributed by atoms with Gasteiger partial charge < -0.3 is 16.2 Å². The highest BCUT2D eigenvalue weighted by atomic mass is 35.5. The Bertz CT molecular complexity index is 457. The Hall–Kier alpha value is -1.75. The molecule has 5 nitrogen and oxygen atoms in total. The van der Waals surface area contributed by atoms with Crippen molar-refractivity contribution in [3.63, 3.8) is 0 Å². The van der Waals surface area contributed by atoms with Crippen LogP contribution in [0.1, 0.15) is 30.1 Å². The van der Waals surface area contributed by atoms with Crippen molar-refractivity contribution in [2.75, 3.05) is 12.3 Å². The quantitative estimate of drug-likeness (QED) is 0.698. The van der Waals surface area contributed by atoms with E-state index in [1.165, 1.54) is 18.2 Å². The van der Waals surface area contributed by atoms with Crippen LogP contribution in [-0.4, -0.2) is 23.5 Å². The minimum Gasteiger partial charge on any atom is -0.481 e. The second-order valence-electron chi connectivity index (χ2n) is 4.31. The molecule has 1 amide bonds. The summed E-state index contributed by atoms with van der Waals surface area (Å²) in [4.78, 5) is 22.8. The zero-order valence-corrected chi connectivity index (χ0v) is 11.4. The van der Waals surface area contributed by atoms with E-state index in [1.54, 1.807) is 0 Å². The SMILES string of the molecule is CCCC(CNC(=O)c1cc(N)cc(Cl)c1)C(=O)O. The zero-order valence-electron chi connectivity index (χ0n) is 10.6. The topological polar surface area (TPSA) is 92.4 Å².